The van der Waals surface area contributed by atoms with Gasteiger partial charge in [0.15, 0.2) is 5.69 Å². The third-order valence-electron chi connectivity index (χ3n) is 8.80. The van der Waals surface area contributed by atoms with Crippen molar-refractivity contribution in [3.63, 3.8) is 0 Å². The number of carbonyl (C=O) groups is 3. The summed E-state index contributed by atoms with van der Waals surface area (Å²) in [4.78, 5) is 42.0. The molecule has 0 aliphatic heterocycles. The maximum absolute atomic E-state index is 14.1. The van der Waals surface area contributed by atoms with Gasteiger partial charge in [-0.1, -0.05) is 26.0 Å². The van der Waals surface area contributed by atoms with Gasteiger partial charge in [0.1, 0.15) is 17.9 Å². The summed E-state index contributed by atoms with van der Waals surface area (Å²) >= 11 is 0. The molecule has 3 aromatic carbocycles. The number of amides is 1. The van der Waals surface area contributed by atoms with E-state index in [-0.39, 0.29) is 53.8 Å². The molecule has 16 nitrogen and oxygen atoms in total. The van der Waals surface area contributed by atoms with Gasteiger partial charge in [-0.3, -0.25) is 9.10 Å². The van der Waals surface area contributed by atoms with Crippen molar-refractivity contribution in [2.75, 3.05) is 48.2 Å². The van der Waals surface area contributed by atoms with Crippen LogP contribution in [-0.2, 0) is 33.0 Å². The zero-order chi connectivity index (χ0) is 44.2. The van der Waals surface area contributed by atoms with Gasteiger partial charge in [0.05, 0.1) is 23.8 Å². The lowest BCUT2D eigenvalue weighted by molar-refractivity contribution is 0.0680. The number of hydrogen-bond donors (Lipinski definition) is 5. The molecule has 0 saturated heterocycles. The van der Waals surface area contributed by atoms with Gasteiger partial charge >= 0.3 is 18.0 Å². The van der Waals surface area contributed by atoms with Gasteiger partial charge in [0, 0.05) is 56.8 Å². The molecule has 0 bridgehead atoms. The maximum atomic E-state index is 14.1. The number of aryl methyl sites for hydroxylation is 1. The van der Waals surface area contributed by atoms with Crippen molar-refractivity contribution < 1.29 is 54.6 Å². The van der Waals surface area contributed by atoms with Gasteiger partial charge in [-0.15, -0.1) is 0 Å². The highest BCUT2D eigenvalue weighted by molar-refractivity contribution is 7.92. The number of aromatic carboxylic acids is 2. The van der Waals surface area contributed by atoms with E-state index in [1.54, 1.807) is 36.1 Å². The monoisotopic (exact) mass is 864 g/mol. The van der Waals surface area contributed by atoms with Gasteiger partial charge in [-0.05, 0) is 84.8 Å². The summed E-state index contributed by atoms with van der Waals surface area (Å²) in [5.74, 6) is -5.12. The number of carboxylic acid groups (broad SMARTS) is 2. The first-order chi connectivity index (χ1) is 27.5. The number of hydrogen-bond acceptors (Lipinski definition) is 11. The molecule has 0 spiro atoms. The number of rotatable bonds is 19. The number of sulfonamides is 2. The molecular formula is C39H50F2N6O10S2. The number of carbonyl (C=O) groups excluding carboxylic acids is 1. The second-order valence-electron chi connectivity index (χ2n) is 13.9. The Morgan fingerprint density at radius 3 is 2.03 bits per heavy atom. The number of nitrogens with two attached hydrogens (primary N) is 1. The van der Waals surface area contributed by atoms with Gasteiger partial charge in [0.25, 0.3) is 5.91 Å². The summed E-state index contributed by atoms with van der Waals surface area (Å²) in [5, 5.41) is 22.1. The first-order valence-electron chi connectivity index (χ1n) is 18.3. The van der Waals surface area contributed by atoms with Crippen molar-refractivity contribution in [2.24, 2.45) is 5.73 Å². The minimum absolute atomic E-state index is 0.00384. The molecule has 1 heterocycles. The molecule has 0 fully saturated rings. The number of nitrogens with zero attached hydrogens (tertiary/aromatic N) is 3. The average molecular weight is 865 g/mol. The van der Waals surface area contributed by atoms with Crippen LogP contribution in [0.3, 0.4) is 0 Å². The van der Waals surface area contributed by atoms with E-state index in [1.807, 2.05) is 24.6 Å². The summed E-state index contributed by atoms with van der Waals surface area (Å²) < 4.78 is 81.2. The Hall–Kier alpha value is -5.44. The Balaban J connectivity index is 0.000000606. The van der Waals surface area contributed by atoms with Crippen LogP contribution in [0.2, 0.25) is 0 Å². The maximum Gasteiger partial charge on any atom is 0.357 e. The normalized spacial score (nSPS) is 12.5. The minimum atomic E-state index is -3.49. The van der Waals surface area contributed by atoms with Crippen LogP contribution in [0, 0.1) is 18.6 Å². The van der Waals surface area contributed by atoms with Crippen molar-refractivity contribution in [1.29, 1.82) is 0 Å². The number of oxazole rings is 1. The van der Waals surface area contributed by atoms with Crippen molar-refractivity contribution in [3.8, 4) is 0 Å². The highest BCUT2D eigenvalue weighted by Crippen LogP contribution is 2.31. The largest absolute Gasteiger partial charge is 0.478 e. The van der Waals surface area contributed by atoms with E-state index in [0.717, 1.165) is 34.7 Å². The molecule has 0 aliphatic rings. The molecule has 6 N–H and O–H groups in total. The van der Waals surface area contributed by atoms with E-state index >= 15 is 0 Å². The summed E-state index contributed by atoms with van der Waals surface area (Å²) in [6.07, 6.45) is 4.28. The van der Waals surface area contributed by atoms with Crippen molar-refractivity contribution in [1.82, 2.24) is 15.2 Å². The molecule has 4 rings (SSSR count). The van der Waals surface area contributed by atoms with E-state index < -0.39 is 55.6 Å². The van der Waals surface area contributed by atoms with Crippen LogP contribution in [0.15, 0.2) is 65.3 Å². The summed E-state index contributed by atoms with van der Waals surface area (Å²) in [5.41, 5.74) is 8.93. The van der Waals surface area contributed by atoms with Gasteiger partial charge in [-0.2, -0.15) is 4.98 Å². The van der Waals surface area contributed by atoms with Gasteiger partial charge in [0.2, 0.25) is 20.0 Å². The molecule has 59 heavy (non-hydrogen) atoms. The second-order valence-corrected chi connectivity index (χ2v) is 17.6. The predicted octanol–water partition coefficient (Wildman–Crippen LogP) is 4.82. The standard InChI is InChI=1S/C34H44F2N4O5S.C5H6N2O5S/c1-6-11-40(12-7-2)33(41)28-13-22(3)14-29(34(42)43)32(28)30(31(37)18-24-15-25(35)19-26(36)16-24)21-38-20-23-9-8-10-27(17-23)39(4)46(5,44)45;1-13(10,11)7-5-6-3(2-12-5)4(8)9/h8-10,13-17,19,30-31,38H,6-7,11-12,18,20-21,37H2,1-5H3,(H,42,43);2H,1H3,(H,6,7)(H,8,9)/t30-,31+;/m1./s1. The summed E-state index contributed by atoms with van der Waals surface area (Å²) in [7, 11) is -5.52. The molecule has 0 aliphatic carbocycles. The lowest BCUT2D eigenvalue weighted by Crippen LogP contribution is -2.40. The quantitative estimate of drug-likeness (QED) is 0.0851. The van der Waals surface area contributed by atoms with Crippen LogP contribution in [0.5, 0.6) is 0 Å². The van der Waals surface area contributed by atoms with Crippen molar-refractivity contribution >= 4 is 49.6 Å². The molecule has 1 amide bonds. The number of aromatic nitrogens is 1. The fourth-order valence-corrected chi connectivity index (χ4v) is 7.10. The van der Waals surface area contributed by atoms with Crippen LogP contribution in [-0.4, -0.2) is 100 Å². The molecule has 1 aromatic heterocycles. The van der Waals surface area contributed by atoms with E-state index in [2.05, 4.69) is 14.7 Å². The first kappa shape index (κ1) is 47.9. The Bertz CT molecular complexity index is 2320. The summed E-state index contributed by atoms with van der Waals surface area (Å²) in [6, 6.07) is 12.0. The minimum Gasteiger partial charge on any atom is -0.478 e. The number of benzene rings is 3. The highest BCUT2D eigenvalue weighted by Gasteiger charge is 2.32. The predicted molar refractivity (Wildman–Crippen MR) is 219 cm³/mol. The van der Waals surface area contributed by atoms with Crippen LogP contribution >= 0.6 is 0 Å². The number of anilines is 2. The number of carboxylic acids is 2. The van der Waals surface area contributed by atoms with E-state index in [1.165, 1.54) is 25.2 Å². The zero-order valence-corrected chi connectivity index (χ0v) is 35.2. The lowest BCUT2D eigenvalue weighted by Gasteiger charge is -2.30. The molecule has 322 valence electrons. The SMILES string of the molecule is CCCN(CCC)C(=O)c1cc(C)cc(C(=O)O)c1[C@H](CNCc1cccc(N(C)S(C)(=O)=O)c1)[C@@H](N)Cc1cc(F)cc(F)c1.CS(=O)(=O)Nc1nc(C(=O)O)co1. The topological polar surface area (TPSA) is 243 Å². The van der Waals surface area contributed by atoms with Gasteiger partial charge in [-0.25, -0.2) is 39.9 Å². The van der Waals surface area contributed by atoms with Gasteiger partial charge < -0.3 is 30.6 Å². The fraction of sp³-hybridized carbons (Fsp3) is 0.385. The van der Waals surface area contributed by atoms with Crippen molar-refractivity contribution in [3.05, 3.63) is 112 Å². The Morgan fingerprint density at radius 2 is 1.51 bits per heavy atom. The van der Waals surface area contributed by atoms with Crippen LogP contribution in [0.4, 0.5) is 20.5 Å². The average Bonchev–Trinajstić information content (AvgIpc) is 3.59. The zero-order valence-electron chi connectivity index (χ0n) is 33.5. The third-order valence-corrected chi connectivity index (χ3v) is 10.6. The van der Waals surface area contributed by atoms with E-state index in [4.69, 9.17) is 10.8 Å². The smallest absolute Gasteiger partial charge is 0.357 e. The van der Waals surface area contributed by atoms with Crippen LogP contribution < -0.4 is 20.1 Å². The number of nitrogens with one attached hydrogen (secondary N) is 2. The van der Waals surface area contributed by atoms with E-state index in [0.29, 0.717) is 42.7 Å². The first-order valence-corrected chi connectivity index (χ1v) is 22.1. The molecule has 2 atom stereocenters. The van der Waals surface area contributed by atoms with Crippen molar-refractivity contribution in [2.45, 2.75) is 58.5 Å². The van der Waals surface area contributed by atoms with E-state index in [9.17, 15) is 45.1 Å². The number of halogens is 2. The fourth-order valence-electron chi connectivity index (χ4n) is 6.19. The molecular weight excluding hydrogens is 815 g/mol. The lowest BCUT2D eigenvalue weighted by atomic mass is 9.81. The molecule has 0 unspecified atom stereocenters. The molecule has 0 radical (unpaired) electrons. The summed E-state index contributed by atoms with van der Waals surface area (Å²) in [6.45, 7) is 6.98. The van der Waals surface area contributed by atoms with Crippen LogP contribution in [0.25, 0.3) is 0 Å². The Labute approximate surface area is 342 Å². The second kappa shape index (κ2) is 21.0. The third kappa shape index (κ3) is 14.4. The Morgan fingerprint density at radius 1 is 0.898 bits per heavy atom. The Kier molecular flexibility index (Phi) is 17.1. The van der Waals surface area contributed by atoms with Crippen LogP contribution in [0.1, 0.15) is 86.1 Å². The molecule has 20 heteroatoms. The highest BCUT2D eigenvalue weighted by atomic mass is 32.2. The molecule has 4 aromatic rings. The molecule has 0 saturated carbocycles.